The number of carbonyl (C=O) groups is 1. The third-order valence-corrected chi connectivity index (χ3v) is 12.1. The van der Waals surface area contributed by atoms with Gasteiger partial charge in [-0.25, -0.2) is 4.98 Å². The standard InChI is InChI=1S/C20H32IN5O5Si/c1-10(2)16(28)24-19-23-15-13(17(29)25-19)22-9-26(15)18-14(12(21)11(8-27)30-18)31-32(6,7)20(3,4)5/h9-12,14,18,27H,8H2,1-7H3,(H2,23,24,25,28,29)/t11-,12+,14?,18?/m1/s1. The van der Waals surface area contributed by atoms with E-state index in [1.165, 1.54) is 6.33 Å². The fourth-order valence-electron chi connectivity index (χ4n) is 3.14. The van der Waals surface area contributed by atoms with E-state index in [0.717, 1.165) is 0 Å². The molecule has 1 aliphatic heterocycles. The van der Waals surface area contributed by atoms with Gasteiger partial charge in [0.25, 0.3) is 5.56 Å². The van der Waals surface area contributed by atoms with Crippen LogP contribution >= 0.6 is 22.6 Å². The van der Waals surface area contributed by atoms with Crippen molar-refractivity contribution in [3.63, 3.8) is 0 Å². The second-order valence-corrected chi connectivity index (χ2v) is 16.1. The Morgan fingerprint density at radius 2 is 2.09 bits per heavy atom. The van der Waals surface area contributed by atoms with Crippen LogP contribution in [0.2, 0.25) is 18.1 Å². The van der Waals surface area contributed by atoms with Gasteiger partial charge in [-0.15, -0.1) is 0 Å². The number of H-pyrrole nitrogens is 1. The summed E-state index contributed by atoms with van der Waals surface area (Å²) in [4.78, 5) is 35.9. The molecule has 2 aromatic heterocycles. The maximum atomic E-state index is 12.6. The second kappa shape index (κ2) is 9.12. The number of nitrogens with zero attached hydrogens (tertiary/aromatic N) is 3. The van der Waals surface area contributed by atoms with E-state index in [2.05, 4.69) is 76.7 Å². The first-order valence-electron chi connectivity index (χ1n) is 10.6. The van der Waals surface area contributed by atoms with Crippen LogP contribution in [0.15, 0.2) is 11.1 Å². The Morgan fingerprint density at radius 3 is 2.66 bits per heavy atom. The van der Waals surface area contributed by atoms with Crippen molar-refractivity contribution >= 4 is 53.9 Å². The molecule has 10 nitrogen and oxygen atoms in total. The lowest BCUT2D eigenvalue weighted by atomic mass is 10.2. The Hall–Kier alpha value is -1.35. The van der Waals surface area contributed by atoms with E-state index in [-0.39, 0.29) is 50.6 Å². The zero-order chi connectivity index (χ0) is 24.0. The fourth-order valence-corrected chi connectivity index (χ4v) is 5.61. The van der Waals surface area contributed by atoms with Gasteiger partial charge in [-0.05, 0) is 18.1 Å². The zero-order valence-electron chi connectivity index (χ0n) is 19.5. The Kier molecular flexibility index (Phi) is 7.20. The number of aliphatic hydroxyl groups is 1. The number of rotatable bonds is 6. The summed E-state index contributed by atoms with van der Waals surface area (Å²) in [5, 5.41) is 12.5. The highest BCUT2D eigenvalue weighted by molar-refractivity contribution is 14.1. The quantitative estimate of drug-likeness (QED) is 0.273. The van der Waals surface area contributed by atoms with Crippen LogP contribution in [0, 0.1) is 5.92 Å². The maximum Gasteiger partial charge on any atom is 0.280 e. The first kappa shape index (κ1) is 25.3. The van der Waals surface area contributed by atoms with E-state index < -0.39 is 26.2 Å². The predicted molar refractivity (Wildman–Crippen MR) is 132 cm³/mol. The van der Waals surface area contributed by atoms with Crippen LogP contribution in [-0.4, -0.2) is 61.6 Å². The van der Waals surface area contributed by atoms with Crippen LogP contribution in [-0.2, 0) is 14.0 Å². The van der Waals surface area contributed by atoms with Gasteiger partial charge in [-0.1, -0.05) is 57.2 Å². The number of halogens is 1. The number of ether oxygens (including phenoxy) is 1. The zero-order valence-corrected chi connectivity index (χ0v) is 22.6. The van der Waals surface area contributed by atoms with Gasteiger partial charge in [-0.2, -0.15) is 4.98 Å². The van der Waals surface area contributed by atoms with Crippen LogP contribution in [0.25, 0.3) is 11.2 Å². The van der Waals surface area contributed by atoms with Crippen LogP contribution < -0.4 is 10.9 Å². The van der Waals surface area contributed by atoms with Gasteiger partial charge in [-0.3, -0.25) is 24.5 Å². The van der Waals surface area contributed by atoms with Crippen LogP contribution in [0.3, 0.4) is 0 Å². The van der Waals surface area contributed by atoms with Crippen molar-refractivity contribution < 1.29 is 19.1 Å². The van der Waals surface area contributed by atoms with E-state index in [1.807, 2.05) is 0 Å². The number of aromatic nitrogens is 4. The molecule has 1 aliphatic rings. The van der Waals surface area contributed by atoms with Gasteiger partial charge in [0.05, 0.1) is 23.0 Å². The van der Waals surface area contributed by atoms with Gasteiger partial charge >= 0.3 is 0 Å². The molecule has 0 bridgehead atoms. The molecular weight excluding hydrogens is 545 g/mol. The number of amides is 1. The Morgan fingerprint density at radius 1 is 1.44 bits per heavy atom. The highest BCUT2D eigenvalue weighted by Gasteiger charge is 2.50. The molecule has 4 atom stereocenters. The number of alkyl halides is 1. The van der Waals surface area contributed by atoms with Gasteiger partial charge in [0.15, 0.2) is 25.7 Å². The van der Waals surface area contributed by atoms with Gasteiger partial charge in [0.2, 0.25) is 11.9 Å². The first-order valence-corrected chi connectivity index (χ1v) is 14.8. The lowest BCUT2D eigenvalue weighted by molar-refractivity contribution is -0.118. The predicted octanol–water partition coefficient (Wildman–Crippen LogP) is 2.80. The largest absolute Gasteiger partial charge is 0.408 e. The number of fused-ring (bicyclic) bond motifs is 1. The Bertz CT molecular complexity index is 1050. The topological polar surface area (TPSA) is 131 Å². The van der Waals surface area contributed by atoms with Crippen LogP contribution in [0.4, 0.5) is 5.95 Å². The third-order valence-electron chi connectivity index (χ3n) is 6.15. The van der Waals surface area contributed by atoms with E-state index in [1.54, 1.807) is 18.4 Å². The summed E-state index contributed by atoms with van der Waals surface area (Å²) in [6.45, 7) is 14.1. The summed E-state index contributed by atoms with van der Waals surface area (Å²) in [5.74, 6) is -0.485. The van der Waals surface area contributed by atoms with Crippen molar-refractivity contribution in [3.05, 3.63) is 16.7 Å². The second-order valence-electron chi connectivity index (χ2n) is 9.92. The molecule has 0 aromatic carbocycles. The number of aromatic amines is 1. The van der Waals surface area contributed by atoms with Gasteiger partial charge in [0.1, 0.15) is 6.10 Å². The number of anilines is 1. The lowest BCUT2D eigenvalue weighted by Gasteiger charge is -2.40. The molecule has 32 heavy (non-hydrogen) atoms. The molecule has 0 saturated carbocycles. The minimum atomic E-state index is -2.18. The minimum absolute atomic E-state index is 0.0219. The third kappa shape index (κ3) is 4.78. The summed E-state index contributed by atoms with van der Waals surface area (Å²) in [6.07, 6.45) is 0.0587. The summed E-state index contributed by atoms with van der Waals surface area (Å²) in [7, 11) is -2.18. The molecule has 178 valence electrons. The molecule has 1 saturated heterocycles. The summed E-state index contributed by atoms with van der Waals surface area (Å²) >= 11 is 2.26. The molecular formula is C20H32IN5O5Si. The average Bonchev–Trinajstić information content (AvgIpc) is 3.22. The molecule has 3 N–H and O–H groups in total. The highest BCUT2D eigenvalue weighted by Crippen LogP contribution is 2.44. The minimum Gasteiger partial charge on any atom is -0.408 e. The van der Waals surface area contributed by atoms with E-state index in [4.69, 9.17) is 9.16 Å². The van der Waals surface area contributed by atoms with Crippen molar-refractivity contribution in [1.82, 2.24) is 19.5 Å². The monoisotopic (exact) mass is 577 g/mol. The summed E-state index contributed by atoms with van der Waals surface area (Å²) in [5.41, 5.74) is -0.0408. The van der Waals surface area contributed by atoms with Gasteiger partial charge < -0.3 is 14.3 Å². The summed E-state index contributed by atoms with van der Waals surface area (Å²) < 4.78 is 14.4. The fraction of sp³-hybridized carbons (Fsp3) is 0.700. The maximum absolute atomic E-state index is 12.6. The van der Waals surface area contributed by atoms with Crippen molar-refractivity contribution in [2.45, 2.75) is 75.1 Å². The van der Waals surface area contributed by atoms with Crippen molar-refractivity contribution in [3.8, 4) is 0 Å². The number of imidazole rings is 1. The molecule has 2 aromatic rings. The highest BCUT2D eigenvalue weighted by atomic mass is 127. The number of carbonyl (C=O) groups excluding carboxylic acids is 1. The molecule has 2 unspecified atom stereocenters. The molecule has 0 spiro atoms. The van der Waals surface area contributed by atoms with Crippen LogP contribution in [0.5, 0.6) is 0 Å². The lowest BCUT2D eigenvalue weighted by Crippen LogP contribution is -2.47. The van der Waals surface area contributed by atoms with Crippen molar-refractivity contribution in [2.24, 2.45) is 5.92 Å². The van der Waals surface area contributed by atoms with E-state index in [0.29, 0.717) is 0 Å². The average molecular weight is 577 g/mol. The normalized spacial score (nSPS) is 24.4. The van der Waals surface area contributed by atoms with Gasteiger partial charge in [0, 0.05) is 5.92 Å². The van der Waals surface area contributed by atoms with Crippen LogP contribution in [0.1, 0.15) is 40.8 Å². The molecule has 0 radical (unpaired) electrons. The van der Waals surface area contributed by atoms with E-state index in [9.17, 15) is 14.7 Å². The Balaban J connectivity index is 2.05. The number of aliphatic hydroxyl groups excluding tert-OH is 1. The molecule has 1 fully saturated rings. The van der Waals surface area contributed by atoms with Crippen molar-refractivity contribution in [1.29, 1.82) is 0 Å². The number of nitrogens with one attached hydrogen (secondary N) is 2. The SMILES string of the molecule is CC(C)C(=O)Nc1nc2c(ncn2C2O[C@H](CO)[C@H](I)C2O[Si](C)(C)C(C)(C)C)c(=O)[nH]1. The molecule has 3 rings (SSSR count). The summed E-state index contributed by atoms with van der Waals surface area (Å²) in [6, 6.07) is 0. The van der Waals surface area contributed by atoms with E-state index >= 15 is 0 Å². The molecule has 1 amide bonds. The number of hydrogen-bond donors (Lipinski definition) is 3. The number of hydrogen-bond acceptors (Lipinski definition) is 7. The first-order chi connectivity index (χ1) is 14.8. The molecule has 12 heteroatoms. The molecule has 3 heterocycles. The van der Waals surface area contributed by atoms with Crippen molar-refractivity contribution in [2.75, 3.05) is 11.9 Å². The molecule has 0 aliphatic carbocycles. The Labute approximate surface area is 201 Å². The smallest absolute Gasteiger partial charge is 0.280 e.